The first-order valence-electron chi connectivity index (χ1n) is 7.55. The summed E-state index contributed by atoms with van der Waals surface area (Å²) in [5, 5.41) is 6.86. The summed E-state index contributed by atoms with van der Waals surface area (Å²) in [5.74, 6) is 0.292. The van der Waals surface area contributed by atoms with Crippen LogP contribution in [0.25, 0.3) is 0 Å². The highest BCUT2D eigenvalue weighted by Crippen LogP contribution is 2.31. The van der Waals surface area contributed by atoms with Crippen LogP contribution in [-0.2, 0) is 9.53 Å². The number of hydrogen-bond donors (Lipinski definition) is 2. The molecule has 1 aromatic rings. The lowest BCUT2D eigenvalue weighted by atomic mass is 9.89. The first kappa shape index (κ1) is 16.3. The van der Waals surface area contributed by atoms with E-state index in [1.54, 1.807) is 0 Å². The number of nitrogens with one attached hydrogen (secondary N) is 2. The van der Waals surface area contributed by atoms with Gasteiger partial charge in [0.05, 0.1) is 6.10 Å². The van der Waals surface area contributed by atoms with Crippen LogP contribution in [-0.4, -0.2) is 32.1 Å². The molecule has 1 unspecified atom stereocenters. The highest BCUT2D eigenvalue weighted by atomic mass is 35.5. The largest absolute Gasteiger partial charge is 0.363 e. The molecule has 2 N–H and O–H groups in total. The molecule has 0 aliphatic carbocycles. The quantitative estimate of drug-likeness (QED) is 0.849. The highest BCUT2D eigenvalue weighted by Gasteiger charge is 2.26. The zero-order valence-corrected chi connectivity index (χ0v) is 13.2. The van der Waals surface area contributed by atoms with Crippen molar-refractivity contribution in [1.29, 1.82) is 0 Å². The normalized spacial score (nSPS) is 20.0. The number of halogens is 1. The summed E-state index contributed by atoms with van der Waals surface area (Å²) in [7, 11) is 0. The van der Waals surface area contributed by atoms with E-state index in [1.807, 2.05) is 31.2 Å². The van der Waals surface area contributed by atoms with Crippen molar-refractivity contribution in [3.63, 3.8) is 0 Å². The Labute approximate surface area is 131 Å². The summed E-state index contributed by atoms with van der Waals surface area (Å²) in [6, 6.07) is 7.73. The Morgan fingerprint density at radius 3 is 3.10 bits per heavy atom. The van der Waals surface area contributed by atoms with E-state index in [0.29, 0.717) is 17.5 Å². The van der Waals surface area contributed by atoms with Crippen LogP contribution in [0.15, 0.2) is 24.3 Å². The number of benzene rings is 1. The maximum atomic E-state index is 11.7. The van der Waals surface area contributed by atoms with E-state index in [-0.39, 0.29) is 18.6 Å². The monoisotopic (exact) mass is 310 g/mol. The number of carbonyl (C=O) groups excluding carboxylic acids is 1. The maximum absolute atomic E-state index is 11.7. The van der Waals surface area contributed by atoms with Gasteiger partial charge in [0.2, 0.25) is 5.91 Å². The first-order valence-corrected chi connectivity index (χ1v) is 7.93. The summed E-state index contributed by atoms with van der Waals surface area (Å²) < 4.78 is 5.93. The van der Waals surface area contributed by atoms with Crippen molar-refractivity contribution in [3.8, 4) is 0 Å². The number of carbonyl (C=O) groups is 1. The molecule has 5 heteroatoms. The van der Waals surface area contributed by atoms with E-state index in [0.717, 1.165) is 31.5 Å². The van der Waals surface area contributed by atoms with Gasteiger partial charge in [-0.3, -0.25) is 4.79 Å². The lowest BCUT2D eigenvalue weighted by molar-refractivity contribution is -0.129. The molecule has 4 nitrogen and oxygen atoms in total. The lowest BCUT2D eigenvalue weighted by Crippen LogP contribution is -2.36. The maximum Gasteiger partial charge on any atom is 0.246 e. The Kier molecular flexibility index (Phi) is 6.49. The van der Waals surface area contributed by atoms with Crippen LogP contribution >= 0.6 is 11.6 Å². The van der Waals surface area contributed by atoms with E-state index in [2.05, 4.69) is 10.6 Å². The summed E-state index contributed by atoms with van der Waals surface area (Å²) in [6.45, 7) is 4.57. The van der Waals surface area contributed by atoms with Gasteiger partial charge in [0, 0.05) is 24.0 Å². The average molecular weight is 311 g/mol. The third-order valence-electron chi connectivity index (χ3n) is 3.71. The number of hydrogen-bond acceptors (Lipinski definition) is 3. The minimum absolute atomic E-state index is 0.0757. The summed E-state index contributed by atoms with van der Waals surface area (Å²) in [6.07, 6.45) is 2.13. The predicted molar refractivity (Wildman–Crippen MR) is 84.4 cm³/mol. The van der Waals surface area contributed by atoms with Gasteiger partial charge >= 0.3 is 0 Å². The van der Waals surface area contributed by atoms with E-state index in [4.69, 9.17) is 16.3 Å². The Balaban J connectivity index is 2.07. The van der Waals surface area contributed by atoms with Crippen LogP contribution in [0.1, 0.15) is 31.4 Å². The molecular formula is C16H23ClN2O2. The summed E-state index contributed by atoms with van der Waals surface area (Å²) >= 11 is 6.09. The van der Waals surface area contributed by atoms with Gasteiger partial charge in [-0.2, -0.15) is 0 Å². The fraction of sp³-hybridized carbons (Fsp3) is 0.562. The third kappa shape index (κ3) is 4.99. The number of piperidine rings is 1. The number of likely N-dealkylation sites (N-methyl/N-ethyl adjacent to an activating group) is 1. The number of rotatable bonds is 6. The Morgan fingerprint density at radius 2 is 2.43 bits per heavy atom. The van der Waals surface area contributed by atoms with Crippen molar-refractivity contribution in [1.82, 2.24) is 10.6 Å². The molecule has 0 aromatic heterocycles. The van der Waals surface area contributed by atoms with Gasteiger partial charge in [-0.15, -0.1) is 0 Å². The molecule has 1 aliphatic rings. The Hall–Kier alpha value is -1.10. The molecule has 0 spiro atoms. The summed E-state index contributed by atoms with van der Waals surface area (Å²) in [5.41, 5.74) is 1.04. The topological polar surface area (TPSA) is 50.4 Å². The van der Waals surface area contributed by atoms with Gasteiger partial charge < -0.3 is 15.4 Å². The van der Waals surface area contributed by atoms with Gasteiger partial charge in [0.15, 0.2) is 0 Å². The second-order valence-electron chi connectivity index (χ2n) is 5.35. The minimum atomic E-state index is -0.0980. The molecule has 116 valence electrons. The molecule has 0 bridgehead atoms. The number of amides is 1. The van der Waals surface area contributed by atoms with Crippen LogP contribution in [0.2, 0.25) is 5.02 Å². The molecule has 1 amide bonds. The van der Waals surface area contributed by atoms with Crippen LogP contribution in [0.5, 0.6) is 0 Å². The van der Waals surface area contributed by atoms with Crippen LogP contribution in [0.4, 0.5) is 0 Å². The van der Waals surface area contributed by atoms with E-state index < -0.39 is 0 Å². The Morgan fingerprint density at radius 1 is 1.57 bits per heavy atom. The van der Waals surface area contributed by atoms with Crippen LogP contribution in [0, 0.1) is 5.92 Å². The lowest BCUT2D eigenvalue weighted by Gasteiger charge is -2.31. The van der Waals surface area contributed by atoms with Crippen LogP contribution < -0.4 is 10.6 Å². The number of ether oxygens (including phenoxy) is 1. The molecule has 0 saturated carbocycles. The molecular weight excluding hydrogens is 288 g/mol. The van der Waals surface area contributed by atoms with E-state index in [1.165, 1.54) is 0 Å². The standard InChI is InChI=1S/C16H23ClN2O2/c1-2-19-15(20)11-21-16(13-6-4-8-18-10-13)12-5-3-7-14(17)9-12/h3,5,7,9,13,16,18H,2,4,6,8,10-11H2,1H3,(H,19,20)/t13?,16-/m1/s1. The SMILES string of the molecule is CCNC(=O)CO[C@H](c1cccc(Cl)c1)C1CCCNC1. The van der Waals surface area contributed by atoms with Crippen LogP contribution in [0.3, 0.4) is 0 Å². The zero-order chi connectivity index (χ0) is 15.1. The second kappa shape index (κ2) is 8.37. The molecule has 1 heterocycles. The second-order valence-corrected chi connectivity index (χ2v) is 5.78. The molecule has 1 fully saturated rings. The van der Waals surface area contributed by atoms with Crippen molar-refractivity contribution in [2.75, 3.05) is 26.2 Å². The van der Waals surface area contributed by atoms with Gasteiger partial charge in [-0.25, -0.2) is 0 Å². The Bertz CT molecular complexity index is 461. The van der Waals surface area contributed by atoms with E-state index in [9.17, 15) is 4.79 Å². The van der Waals surface area contributed by atoms with Crippen molar-refractivity contribution in [3.05, 3.63) is 34.9 Å². The molecule has 1 aromatic carbocycles. The fourth-order valence-electron chi connectivity index (χ4n) is 2.74. The molecule has 2 atom stereocenters. The minimum Gasteiger partial charge on any atom is -0.363 e. The predicted octanol–water partition coefficient (Wildman–Crippen LogP) is 2.53. The fourth-order valence-corrected chi connectivity index (χ4v) is 2.94. The highest BCUT2D eigenvalue weighted by molar-refractivity contribution is 6.30. The van der Waals surface area contributed by atoms with Gasteiger partial charge in [0.25, 0.3) is 0 Å². The van der Waals surface area contributed by atoms with Crippen molar-refractivity contribution < 1.29 is 9.53 Å². The van der Waals surface area contributed by atoms with Gasteiger partial charge in [0.1, 0.15) is 6.61 Å². The van der Waals surface area contributed by atoms with Gasteiger partial charge in [-0.1, -0.05) is 23.7 Å². The molecule has 21 heavy (non-hydrogen) atoms. The molecule has 1 saturated heterocycles. The van der Waals surface area contributed by atoms with Crippen molar-refractivity contribution >= 4 is 17.5 Å². The third-order valence-corrected chi connectivity index (χ3v) is 3.94. The van der Waals surface area contributed by atoms with Gasteiger partial charge in [-0.05, 0) is 44.0 Å². The van der Waals surface area contributed by atoms with Crippen molar-refractivity contribution in [2.45, 2.75) is 25.9 Å². The van der Waals surface area contributed by atoms with Crippen molar-refractivity contribution in [2.24, 2.45) is 5.92 Å². The first-order chi connectivity index (χ1) is 10.2. The molecule has 1 aliphatic heterocycles. The molecule has 2 rings (SSSR count). The zero-order valence-electron chi connectivity index (χ0n) is 12.4. The molecule has 0 radical (unpaired) electrons. The smallest absolute Gasteiger partial charge is 0.246 e. The van der Waals surface area contributed by atoms with E-state index >= 15 is 0 Å². The summed E-state index contributed by atoms with van der Waals surface area (Å²) in [4.78, 5) is 11.7. The average Bonchev–Trinajstić information content (AvgIpc) is 2.49.